The van der Waals surface area contributed by atoms with Crippen molar-refractivity contribution in [2.45, 2.75) is 6.92 Å². The third kappa shape index (κ3) is 4.57. The number of amides is 3. The average Bonchev–Trinajstić information content (AvgIpc) is 2.48. The first-order chi connectivity index (χ1) is 11.0. The lowest BCUT2D eigenvalue weighted by Crippen LogP contribution is -2.16. The predicted molar refractivity (Wildman–Crippen MR) is 86.8 cm³/mol. The number of nitrogens with one attached hydrogen (secondary N) is 3. The van der Waals surface area contributed by atoms with E-state index in [2.05, 4.69) is 16.0 Å². The van der Waals surface area contributed by atoms with E-state index >= 15 is 0 Å². The van der Waals surface area contributed by atoms with E-state index in [9.17, 15) is 14.4 Å². The molecule has 0 aliphatic carbocycles. The summed E-state index contributed by atoms with van der Waals surface area (Å²) in [4.78, 5) is 34.0. The van der Waals surface area contributed by atoms with E-state index in [1.54, 1.807) is 36.4 Å². The molecule has 0 atom stereocenters. The average molecular weight is 313 g/mol. The van der Waals surface area contributed by atoms with Crippen LogP contribution in [0.1, 0.15) is 17.3 Å². The molecule has 118 valence electrons. The van der Waals surface area contributed by atoms with Gasteiger partial charge in [-0.05, 0) is 36.4 Å². The first-order valence-corrected chi connectivity index (χ1v) is 6.73. The number of carboxylic acid groups (broad SMARTS) is 1. The Morgan fingerprint density at radius 2 is 1.39 bits per heavy atom. The van der Waals surface area contributed by atoms with Gasteiger partial charge >= 0.3 is 6.09 Å². The molecule has 0 spiro atoms. The molecule has 4 N–H and O–H groups in total. The summed E-state index contributed by atoms with van der Waals surface area (Å²) in [7, 11) is 0. The fraction of sp³-hybridized carbons (Fsp3) is 0.0625. The van der Waals surface area contributed by atoms with Crippen molar-refractivity contribution in [3.8, 4) is 0 Å². The van der Waals surface area contributed by atoms with Crippen molar-refractivity contribution < 1.29 is 19.5 Å². The number of carbonyl (C=O) groups is 3. The normalized spacial score (nSPS) is 9.78. The molecule has 2 rings (SSSR count). The fourth-order valence-electron chi connectivity index (χ4n) is 1.94. The van der Waals surface area contributed by atoms with Crippen LogP contribution in [0.4, 0.5) is 21.9 Å². The molecule has 0 heterocycles. The van der Waals surface area contributed by atoms with Gasteiger partial charge in [0.05, 0.1) is 11.3 Å². The molecule has 0 aliphatic heterocycles. The summed E-state index contributed by atoms with van der Waals surface area (Å²) in [6.07, 6.45) is -1.16. The summed E-state index contributed by atoms with van der Waals surface area (Å²) in [5.41, 5.74) is 1.65. The van der Waals surface area contributed by atoms with Gasteiger partial charge in [-0.2, -0.15) is 0 Å². The van der Waals surface area contributed by atoms with Gasteiger partial charge in [0, 0.05) is 18.3 Å². The molecule has 2 aromatic carbocycles. The first kappa shape index (κ1) is 16.0. The van der Waals surface area contributed by atoms with Gasteiger partial charge in [-0.1, -0.05) is 12.1 Å². The topological polar surface area (TPSA) is 108 Å². The number of hydrogen-bond acceptors (Lipinski definition) is 3. The lowest BCUT2D eigenvalue weighted by atomic mass is 10.1. The molecule has 0 fully saturated rings. The van der Waals surface area contributed by atoms with E-state index in [1.807, 2.05) is 0 Å². The highest BCUT2D eigenvalue weighted by Crippen LogP contribution is 2.18. The van der Waals surface area contributed by atoms with Gasteiger partial charge in [0.25, 0.3) is 5.91 Å². The lowest BCUT2D eigenvalue weighted by molar-refractivity contribution is -0.114. The Morgan fingerprint density at radius 3 is 1.96 bits per heavy atom. The van der Waals surface area contributed by atoms with Crippen LogP contribution in [0.5, 0.6) is 0 Å². The Balaban J connectivity index is 2.13. The van der Waals surface area contributed by atoms with Gasteiger partial charge in [-0.25, -0.2) is 4.79 Å². The van der Waals surface area contributed by atoms with Crippen LogP contribution in [0.15, 0.2) is 48.5 Å². The minimum atomic E-state index is -1.16. The Kier molecular flexibility index (Phi) is 4.93. The summed E-state index contributed by atoms with van der Waals surface area (Å²) in [5, 5.41) is 16.1. The minimum Gasteiger partial charge on any atom is -0.465 e. The molecule has 0 aromatic heterocycles. The second-order valence-electron chi connectivity index (χ2n) is 4.69. The number of rotatable bonds is 4. The maximum absolute atomic E-state index is 12.3. The zero-order valence-electron chi connectivity index (χ0n) is 12.3. The van der Waals surface area contributed by atoms with Crippen molar-refractivity contribution in [1.82, 2.24) is 0 Å². The van der Waals surface area contributed by atoms with E-state index in [-0.39, 0.29) is 11.8 Å². The van der Waals surface area contributed by atoms with Crippen LogP contribution < -0.4 is 16.0 Å². The summed E-state index contributed by atoms with van der Waals surface area (Å²) >= 11 is 0. The largest absolute Gasteiger partial charge is 0.465 e. The molecule has 0 bridgehead atoms. The highest BCUT2D eigenvalue weighted by Gasteiger charge is 2.12. The molecule has 23 heavy (non-hydrogen) atoms. The van der Waals surface area contributed by atoms with E-state index in [0.717, 1.165) is 0 Å². The van der Waals surface area contributed by atoms with Gasteiger partial charge in [-0.15, -0.1) is 0 Å². The van der Waals surface area contributed by atoms with Crippen molar-refractivity contribution >= 4 is 35.0 Å². The number of carbonyl (C=O) groups excluding carboxylic acids is 2. The van der Waals surface area contributed by atoms with Crippen molar-refractivity contribution in [3.05, 3.63) is 54.1 Å². The molecule has 0 aliphatic rings. The second-order valence-corrected chi connectivity index (χ2v) is 4.69. The third-order valence-electron chi connectivity index (χ3n) is 2.88. The maximum atomic E-state index is 12.3. The highest BCUT2D eigenvalue weighted by molar-refractivity contribution is 6.10. The van der Waals surface area contributed by atoms with E-state index < -0.39 is 6.09 Å². The van der Waals surface area contributed by atoms with Crippen LogP contribution >= 0.6 is 0 Å². The summed E-state index contributed by atoms with van der Waals surface area (Å²) in [6.45, 7) is 1.36. The standard InChI is InChI=1S/C16H15N3O4/c1-10(20)17-14-5-3-2-4-13(14)15(21)18-11-6-8-12(9-7-11)19-16(22)23/h2-9,19H,1H3,(H,17,20)(H,18,21)(H,22,23). The molecule has 0 saturated heterocycles. The highest BCUT2D eigenvalue weighted by atomic mass is 16.4. The number of benzene rings is 2. The fourth-order valence-corrected chi connectivity index (χ4v) is 1.94. The summed E-state index contributed by atoms with van der Waals surface area (Å²) in [6, 6.07) is 12.9. The smallest absolute Gasteiger partial charge is 0.409 e. The van der Waals surface area contributed by atoms with Crippen molar-refractivity contribution in [1.29, 1.82) is 0 Å². The van der Waals surface area contributed by atoms with E-state index in [1.165, 1.54) is 19.1 Å². The number of hydrogen-bond donors (Lipinski definition) is 4. The van der Waals surface area contributed by atoms with Gasteiger partial charge in [0.15, 0.2) is 0 Å². The molecular weight excluding hydrogens is 298 g/mol. The Labute approximate surface area is 132 Å². The Bertz CT molecular complexity index is 741. The Hall–Kier alpha value is -3.35. The summed E-state index contributed by atoms with van der Waals surface area (Å²) in [5.74, 6) is -0.650. The second kappa shape index (κ2) is 7.08. The molecule has 0 saturated carbocycles. The zero-order chi connectivity index (χ0) is 16.8. The van der Waals surface area contributed by atoms with Crippen molar-refractivity contribution in [2.24, 2.45) is 0 Å². The van der Waals surface area contributed by atoms with Crippen LogP contribution in [0.25, 0.3) is 0 Å². The zero-order valence-corrected chi connectivity index (χ0v) is 12.3. The van der Waals surface area contributed by atoms with Gasteiger partial charge in [-0.3, -0.25) is 14.9 Å². The molecular formula is C16H15N3O4. The van der Waals surface area contributed by atoms with E-state index in [0.29, 0.717) is 22.6 Å². The Morgan fingerprint density at radius 1 is 0.826 bits per heavy atom. The molecule has 0 radical (unpaired) electrons. The van der Waals surface area contributed by atoms with Crippen LogP contribution in [0.3, 0.4) is 0 Å². The van der Waals surface area contributed by atoms with Crippen LogP contribution in [-0.2, 0) is 4.79 Å². The number of anilines is 3. The predicted octanol–water partition coefficient (Wildman–Crippen LogP) is 2.99. The SMILES string of the molecule is CC(=O)Nc1ccccc1C(=O)Nc1ccc(NC(=O)O)cc1. The molecule has 0 unspecified atom stereocenters. The van der Waals surface area contributed by atoms with Crippen LogP contribution in [0.2, 0.25) is 0 Å². The van der Waals surface area contributed by atoms with Crippen molar-refractivity contribution in [2.75, 3.05) is 16.0 Å². The monoisotopic (exact) mass is 313 g/mol. The molecule has 7 heteroatoms. The van der Waals surface area contributed by atoms with Crippen LogP contribution in [-0.4, -0.2) is 23.0 Å². The van der Waals surface area contributed by atoms with Crippen LogP contribution in [0, 0.1) is 0 Å². The van der Waals surface area contributed by atoms with E-state index in [4.69, 9.17) is 5.11 Å². The quantitative estimate of drug-likeness (QED) is 0.696. The first-order valence-electron chi connectivity index (χ1n) is 6.73. The molecule has 7 nitrogen and oxygen atoms in total. The summed E-state index contributed by atoms with van der Waals surface area (Å²) < 4.78 is 0. The van der Waals surface area contributed by atoms with Gasteiger partial charge in [0.1, 0.15) is 0 Å². The van der Waals surface area contributed by atoms with Crippen molar-refractivity contribution in [3.63, 3.8) is 0 Å². The van der Waals surface area contributed by atoms with Gasteiger partial charge < -0.3 is 15.7 Å². The molecule has 2 aromatic rings. The lowest BCUT2D eigenvalue weighted by Gasteiger charge is -2.10. The molecule has 3 amide bonds. The maximum Gasteiger partial charge on any atom is 0.409 e. The number of para-hydroxylation sites is 1. The van der Waals surface area contributed by atoms with Gasteiger partial charge in [0.2, 0.25) is 5.91 Å². The third-order valence-corrected chi connectivity index (χ3v) is 2.88. The minimum absolute atomic E-state index is 0.269.